The minimum atomic E-state index is -3.29. The van der Waals surface area contributed by atoms with Crippen molar-refractivity contribution in [1.29, 1.82) is 0 Å². The third-order valence-corrected chi connectivity index (χ3v) is 5.83. The quantitative estimate of drug-likeness (QED) is 0.686. The van der Waals surface area contributed by atoms with Crippen molar-refractivity contribution in [2.24, 2.45) is 0 Å². The Bertz CT molecular complexity index is 620. The number of sulfonamides is 1. The van der Waals surface area contributed by atoms with Gasteiger partial charge in [-0.15, -0.1) is 0 Å². The zero-order valence-corrected chi connectivity index (χ0v) is 14.5. The molecular weight excluding hydrogens is 318 g/mol. The molecule has 1 fully saturated rings. The van der Waals surface area contributed by atoms with Crippen LogP contribution in [0.15, 0.2) is 12.3 Å². The van der Waals surface area contributed by atoms with Gasteiger partial charge in [0, 0.05) is 45.0 Å². The van der Waals surface area contributed by atoms with E-state index in [-0.39, 0.29) is 24.7 Å². The number of piperidine rings is 1. The van der Waals surface area contributed by atoms with Gasteiger partial charge in [-0.25, -0.2) is 12.7 Å². The van der Waals surface area contributed by atoms with E-state index in [1.54, 1.807) is 10.9 Å². The molecule has 1 saturated heterocycles. The Balaban J connectivity index is 1.85. The van der Waals surface area contributed by atoms with Crippen LogP contribution in [0.25, 0.3) is 0 Å². The third kappa shape index (κ3) is 5.02. The fourth-order valence-corrected chi connectivity index (χ4v) is 3.35. The maximum atomic E-state index is 12.0. The van der Waals surface area contributed by atoms with Crippen LogP contribution >= 0.6 is 0 Å². The summed E-state index contributed by atoms with van der Waals surface area (Å²) in [6.45, 7) is 2.14. The van der Waals surface area contributed by atoms with E-state index in [1.807, 2.05) is 6.07 Å². The van der Waals surface area contributed by atoms with E-state index in [0.717, 1.165) is 35.9 Å². The van der Waals surface area contributed by atoms with Crippen LogP contribution in [0, 0.1) is 0 Å². The summed E-state index contributed by atoms with van der Waals surface area (Å²) in [7, 11) is -0.338. The van der Waals surface area contributed by atoms with Gasteiger partial charge >= 0.3 is 0 Å². The molecule has 1 aromatic heterocycles. The number of amides is 1. The van der Waals surface area contributed by atoms with Crippen molar-refractivity contribution in [3.63, 3.8) is 0 Å². The SMILES string of the molecule is CN(C)S(=O)(=O)CCNC(=O)Cn1nccc1[C@@H]1CCCNC1. The summed E-state index contributed by atoms with van der Waals surface area (Å²) in [5.41, 5.74) is 1.05. The predicted octanol–water partition coefficient (Wildman–Crippen LogP) is -0.642. The molecule has 1 aromatic rings. The van der Waals surface area contributed by atoms with E-state index in [1.165, 1.54) is 14.1 Å². The third-order valence-electron chi connectivity index (χ3n) is 4.00. The molecule has 1 aliphatic rings. The summed E-state index contributed by atoms with van der Waals surface area (Å²) >= 11 is 0. The molecular formula is C14H25N5O3S. The van der Waals surface area contributed by atoms with Gasteiger partial charge < -0.3 is 10.6 Å². The van der Waals surface area contributed by atoms with Crippen LogP contribution in [0.4, 0.5) is 0 Å². The highest BCUT2D eigenvalue weighted by Gasteiger charge is 2.20. The monoisotopic (exact) mass is 343 g/mol. The molecule has 0 unspecified atom stereocenters. The Morgan fingerprint density at radius 1 is 1.52 bits per heavy atom. The van der Waals surface area contributed by atoms with Crippen molar-refractivity contribution in [2.45, 2.75) is 25.3 Å². The molecule has 1 atom stereocenters. The number of nitrogens with zero attached hydrogens (tertiary/aromatic N) is 3. The van der Waals surface area contributed by atoms with Gasteiger partial charge in [-0.1, -0.05) is 0 Å². The van der Waals surface area contributed by atoms with Gasteiger partial charge in [-0.2, -0.15) is 5.10 Å². The molecule has 2 rings (SSSR count). The number of nitrogens with one attached hydrogen (secondary N) is 2. The van der Waals surface area contributed by atoms with Crippen LogP contribution in [0.2, 0.25) is 0 Å². The Labute approximate surface area is 137 Å². The lowest BCUT2D eigenvalue weighted by Gasteiger charge is -2.23. The molecule has 1 aliphatic heterocycles. The van der Waals surface area contributed by atoms with Crippen LogP contribution in [-0.4, -0.2) is 67.9 Å². The second-order valence-corrected chi connectivity index (χ2v) is 8.21. The number of carbonyl (C=O) groups is 1. The second-order valence-electron chi connectivity index (χ2n) is 5.91. The fraction of sp³-hybridized carbons (Fsp3) is 0.714. The van der Waals surface area contributed by atoms with Gasteiger partial charge in [0.05, 0.1) is 5.75 Å². The summed E-state index contributed by atoms with van der Waals surface area (Å²) in [5, 5.41) is 10.2. The minimum absolute atomic E-state index is 0.0981. The van der Waals surface area contributed by atoms with E-state index >= 15 is 0 Å². The van der Waals surface area contributed by atoms with Crippen LogP contribution < -0.4 is 10.6 Å². The van der Waals surface area contributed by atoms with Crippen LogP contribution in [0.1, 0.15) is 24.5 Å². The number of aromatic nitrogens is 2. The number of hydrogen-bond acceptors (Lipinski definition) is 5. The van der Waals surface area contributed by atoms with Crippen molar-refractivity contribution in [3.05, 3.63) is 18.0 Å². The largest absolute Gasteiger partial charge is 0.353 e. The fourth-order valence-electron chi connectivity index (χ4n) is 2.62. The van der Waals surface area contributed by atoms with Gasteiger partial charge in [0.1, 0.15) is 6.54 Å². The lowest BCUT2D eigenvalue weighted by Crippen LogP contribution is -2.36. The van der Waals surface area contributed by atoms with Crippen molar-refractivity contribution in [2.75, 3.05) is 39.5 Å². The first-order valence-electron chi connectivity index (χ1n) is 7.79. The maximum Gasteiger partial charge on any atom is 0.241 e. The highest BCUT2D eigenvalue weighted by atomic mass is 32.2. The van der Waals surface area contributed by atoms with Crippen LogP contribution in [0.5, 0.6) is 0 Å². The lowest BCUT2D eigenvalue weighted by molar-refractivity contribution is -0.121. The molecule has 0 bridgehead atoms. The van der Waals surface area contributed by atoms with Gasteiger partial charge in [0.25, 0.3) is 0 Å². The topological polar surface area (TPSA) is 96.3 Å². The number of carbonyl (C=O) groups excluding carboxylic acids is 1. The Morgan fingerprint density at radius 2 is 2.30 bits per heavy atom. The maximum absolute atomic E-state index is 12.0. The zero-order chi connectivity index (χ0) is 16.9. The first-order valence-corrected chi connectivity index (χ1v) is 9.40. The minimum Gasteiger partial charge on any atom is -0.353 e. The highest BCUT2D eigenvalue weighted by Crippen LogP contribution is 2.22. The average Bonchev–Trinajstić information content (AvgIpc) is 2.95. The molecule has 130 valence electrons. The molecule has 0 radical (unpaired) electrons. The van der Waals surface area contributed by atoms with Crippen LogP contribution in [0.3, 0.4) is 0 Å². The van der Waals surface area contributed by atoms with Gasteiger partial charge in [-0.3, -0.25) is 9.48 Å². The molecule has 0 aliphatic carbocycles. The first kappa shape index (κ1) is 17.9. The van der Waals surface area contributed by atoms with Gasteiger partial charge in [0.2, 0.25) is 15.9 Å². The van der Waals surface area contributed by atoms with E-state index in [2.05, 4.69) is 15.7 Å². The summed E-state index contributed by atoms with van der Waals surface area (Å²) in [4.78, 5) is 12.0. The van der Waals surface area contributed by atoms with E-state index in [9.17, 15) is 13.2 Å². The van der Waals surface area contributed by atoms with Gasteiger partial charge in [0.15, 0.2) is 0 Å². The van der Waals surface area contributed by atoms with E-state index in [0.29, 0.717) is 5.92 Å². The molecule has 0 saturated carbocycles. The summed E-state index contributed by atoms with van der Waals surface area (Å²) in [5.74, 6) is 0.0328. The first-order chi connectivity index (χ1) is 10.9. The summed E-state index contributed by atoms with van der Waals surface area (Å²) in [6.07, 6.45) is 3.90. The summed E-state index contributed by atoms with van der Waals surface area (Å²) in [6, 6.07) is 1.95. The Kier molecular flexibility index (Phi) is 6.14. The molecule has 0 aromatic carbocycles. The second kappa shape index (κ2) is 7.89. The molecule has 1 amide bonds. The van der Waals surface area contributed by atoms with Crippen molar-refractivity contribution >= 4 is 15.9 Å². The Hall–Kier alpha value is -1.45. The Morgan fingerprint density at radius 3 is 2.96 bits per heavy atom. The molecule has 0 spiro atoms. The predicted molar refractivity (Wildman–Crippen MR) is 87.6 cm³/mol. The highest BCUT2D eigenvalue weighted by molar-refractivity contribution is 7.89. The van der Waals surface area contributed by atoms with E-state index < -0.39 is 10.0 Å². The number of rotatable bonds is 7. The van der Waals surface area contributed by atoms with Crippen molar-refractivity contribution in [3.8, 4) is 0 Å². The molecule has 8 nitrogen and oxygen atoms in total. The van der Waals surface area contributed by atoms with E-state index in [4.69, 9.17) is 0 Å². The molecule has 2 heterocycles. The normalized spacial score (nSPS) is 19.0. The standard InChI is InChI=1S/C14H25N5O3S/c1-18(2)23(21,22)9-8-16-14(20)11-19-13(5-7-17-19)12-4-3-6-15-10-12/h5,7,12,15H,3-4,6,8-11H2,1-2H3,(H,16,20)/t12-/m1/s1. The van der Waals surface area contributed by atoms with Crippen LogP contribution in [-0.2, 0) is 21.4 Å². The van der Waals surface area contributed by atoms with Crippen molar-refractivity contribution < 1.29 is 13.2 Å². The smallest absolute Gasteiger partial charge is 0.241 e. The zero-order valence-electron chi connectivity index (χ0n) is 13.7. The van der Waals surface area contributed by atoms with Crippen molar-refractivity contribution in [1.82, 2.24) is 24.7 Å². The number of hydrogen-bond donors (Lipinski definition) is 2. The summed E-state index contributed by atoms with van der Waals surface area (Å²) < 4.78 is 26.1. The molecule has 23 heavy (non-hydrogen) atoms. The average molecular weight is 343 g/mol. The lowest BCUT2D eigenvalue weighted by atomic mass is 9.96. The molecule has 9 heteroatoms. The molecule has 2 N–H and O–H groups in total. The van der Waals surface area contributed by atoms with Gasteiger partial charge in [-0.05, 0) is 25.5 Å².